The number of nitrogens with two attached hydrogens (primary N) is 1. The van der Waals surface area contributed by atoms with Crippen LogP contribution >= 0.6 is 12.6 Å². The minimum Gasteiger partial charge on any atom is -0.481 e. The van der Waals surface area contributed by atoms with Gasteiger partial charge in [-0.3, -0.25) is 24.0 Å². The quantitative estimate of drug-likeness (QED) is 0.152. The summed E-state index contributed by atoms with van der Waals surface area (Å²) in [5.74, 6) is -5.22. The van der Waals surface area contributed by atoms with Gasteiger partial charge < -0.3 is 37.0 Å². The lowest BCUT2D eigenvalue weighted by atomic mass is 10.1. The van der Waals surface area contributed by atoms with E-state index in [4.69, 9.17) is 15.9 Å². The lowest BCUT2D eigenvalue weighted by Crippen LogP contribution is -2.58. The molecule has 0 aromatic carbocycles. The molecule has 0 bridgehead atoms. The van der Waals surface area contributed by atoms with Crippen LogP contribution in [0.1, 0.15) is 19.8 Å². The van der Waals surface area contributed by atoms with E-state index in [0.29, 0.717) is 0 Å². The molecule has 0 spiro atoms. The minimum absolute atomic E-state index is 0.0116. The van der Waals surface area contributed by atoms with Crippen LogP contribution in [0.2, 0.25) is 0 Å². The van der Waals surface area contributed by atoms with Gasteiger partial charge in [-0.1, -0.05) is 0 Å². The topological polar surface area (TPSA) is 208 Å². The summed E-state index contributed by atoms with van der Waals surface area (Å²) < 4.78 is 0. The molecule has 0 saturated carbocycles. The Bertz CT molecular complexity index is 573. The zero-order valence-electron chi connectivity index (χ0n) is 14.5. The predicted octanol–water partition coefficient (Wildman–Crippen LogP) is -3.34. The van der Waals surface area contributed by atoms with Crippen LogP contribution in [0.3, 0.4) is 0 Å². The van der Waals surface area contributed by atoms with Gasteiger partial charge in [0.15, 0.2) is 0 Å². The van der Waals surface area contributed by atoms with Gasteiger partial charge in [0, 0.05) is 12.2 Å². The molecule has 4 atom stereocenters. The van der Waals surface area contributed by atoms with E-state index in [0.717, 1.165) is 0 Å². The van der Waals surface area contributed by atoms with Gasteiger partial charge in [0.25, 0.3) is 0 Å². The maximum atomic E-state index is 12.2. The average molecular weight is 408 g/mol. The van der Waals surface area contributed by atoms with Gasteiger partial charge in [-0.2, -0.15) is 12.6 Å². The molecular weight excluding hydrogens is 384 g/mol. The zero-order chi connectivity index (χ0) is 21.1. The van der Waals surface area contributed by atoms with Gasteiger partial charge in [-0.15, -0.1) is 0 Å². The van der Waals surface area contributed by atoms with Gasteiger partial charge in [0.05, 0.1) is 12.6 Å². The number of nitrogens with one attached hydrogen (secondary N) is 3. The first kappa shape index (κ1) is 24.6. The van der Waals surface area contributed by atoms with Crippen LogP contribution in [-0.2, 0) is 24.0 Å². The molecule has 154 valence electrons. The van der Waals surface area contributed by atoms with Crippen LogP contribution < -0.4 is 21.7 Å². The Kier molecular flexibility index (Phi) is 11.0. The van der Waals surface area contributed by atoms with Crippen molar-refractivity contribution in [3.05, 3.63) is 0 Å². The smallest absolute Gasteiger partial charge is 0.325 e. The summed E-state index contributed by atoms with van der Waals surface area (Å²) in [7, 11) is 0. The van der Waals surface area contributed by atoms with Gasteiger partial charge >= 0.3 is 11.9 Å². The molecule has 12 nitrogen and oxygen atoms in total. The van der Waals surface area contributed by atoms with Crippen LogP contribution in [-0.4, -0.2) is 81.5 Å². The average Bonchev–Trinajstić information content (AvgIpc) is 2.61. The van der Waals surface area contributed by atoms with Crippen molar-refractivity contribution in [3.8, 4) is 0 Å². The summed E-state index contributed by atoms with van der Waals surface area (Å²) in [6.07, 6.45) is -0.817. The van der Waals surface area contributed by atoms with E-state index < -0.39 is 66.9 Å². The third-order valence-corrected chi connectivity index (χ3v) is 3.75. The normalized spacial score (nSPS) is 15.0. The maximum absolute atomic E-state index is 12.2. The number of aliphatic hydroxyl groups excluding tert-OH is 1. The SMILES string of the molecule is CC(NC(=O)C(CCC(=O)O)NC(=O)C(CO)NC(=O)C(N)CS)C(=O)O. The second kappa shape index (κ2) is 12.1. The van der Waals surface area contributed by atoms with Crippen molar-refractivity contribution >= 4 is 42.3 Å². The highest BCUT2D eigenvalue weighted by Gasteiger charge is 2.29. The largest absolute Gasteiger partial charge is 0.481 e. The van der Waals surface area contributed by atoms with Crippen molar-refractivity contribution < 1.29 is 39.3 Å². The molecule has 13 heteroatoms. The number of rotatable bonds is 12. The van der Waals surface area contributed by atoms with E-state index in [-0.39, 0.29) is 12.2 Å². The third kappa shape index (κ3) is 9.21. The monoisotopic (exact) mass is 408 g/mol. The number of carbonyl (C=O) groups excluding carboxylic acids is 3. The van der Waals surface area contributed by atoms with Crippen molar-refractivity contribution in [1.82, 2.24) is 16.0 Å². The number of aliphatic hydroxyl groups is 1. The Balaban J connectivity index is 5.12. The molecule has 0 aliphatic rings. The fraction of sp³-hybridized carbons (Fsp3) is 0.643. The molecule has 0 saturated heterocycles. The van der Waals surface area contributed by atoms with Crippen LogP contribution in [0.4, 0.5) is 0 Å². The number of carboxylic acid groups (broad SMARTS) is 2. The molecule has 0 aliphatic carbocycles. The Morgan fingerprint density at radius 3 is 1.93 bits per heavy atom. The first-order valence-corrected chi connectivity index (χ1v) is 8.49. The van der Waals surface area contributed by atoms with E-state index in [1.807, 2.05) is 0 Å². The van der Waals surface area contributed by atoms with Gasteiger partial charge in [-0.05, 0) is 13.3 Å². The zero-order valence-corrected chi connectivity index (χ0v) is 15.4. The summed E-state index contributed by atoms with van der Waals surface area (Å²) in [6, 6.07) is -5.14. The fourth-order valence-electron chi connectivity index (χ4n) is 1.74. The van der Waals surface area contributed by atoms with Crippen molar-refractivity contribution in [3.63, 3.8) is 0 Å². The van der Waals surface area contributed by atoms with E-state index in [1.165, 1.54) is 6.92 Å². The molecule has 3 amide bonds. The first-order chi connectivity index (χ1) is 12.5. The van der Waals surface area contributed by atoms with Crippen LogP contribution in [0.25, 0.3) is 0 Å². The van der Waals surface area contributed by atoms with Crippen LogP contribution in [0, 0.1) is 0 Å². The van der Waals surface area contributed by atoms with Crippen molar-refractivity contribution in [2.24, 2.45) is 5.73 Å². The number of thiol groups is 1. The van der Waals surface area contributed by atoms with Gasteiger partial charge in [0.1, 0.15) is 18.1 Å². The molecule has 27 heavy (non-hydrogen) atoms. The highest BCUT2D eigenvalue weighted by atomic mass is 32.1. The fourth-order valence-corrected chi connectivity index (χ4v) is 1.91. The summed E-state index contributed by atoms with van der Waals surface area (Å²) in [5.41, 5.74) is 5.45. The Hall–Kier alpha value is -2.38. The molecule has 0 rings (SSSR count). The number of carboxylic acids is 2. The first-order valence-electron chi connectivity index (χ1n) is 7.86. The van der Waals surface area contributed by atoms with Crippen molar-refractivity contribution in [2.75, 3.05) is 12.4 Å². The second-order valence-corrected chi connectivity index (χ2v) is 5.96. The molecule has 0 aromatic rings. The van der Waals surface area contributed by atoms with E-state index in [1.54, 1.807) is 0 Å². The number of hydrogen-bond donors (Lipinski definition) is 8. The number of carbonyl (C=O) groups is 5. The van der Waals surface area contributed by atoms with Gasteiger partial charge in [-0.25, -0.2) is 0 Å². The third-order valence-electron chi connectivity index (χ3n) is 3.36. The molecule has 0 fully saturated rings. The van der Waals surface area contributed by atoms with Crippen LogP contribution in [0.15, 0.2) is 0 Å². The summed E-state index contributed by atoms with van der Waals surface area (Å²) in [4.78, 5) is 57.6. The highest BCUT2D eigenvalue weighted by Crippen LogP contribution is 2.01. The molecule has 0 heterocycles. The number of hydrogen-bond acceptors (Lipinski definition) is 8. The van der Waals surface area contributed by atoms with E-state index in [2.05, 4.69) is 28.6 Å². The maximum Gasteiger partial charge on any atom is 0.325 e. The predicted molar refractivity (Wildman–Crippen MR) is 94.9 cm³/mol. The minimum atomic E-state index is -1.44. The summed E-state index contributed by atoms with van der Waals surface area (Å²) >= 11 is 3.83. The standard InChI is InChI=1S/C14H24N4O8S/c1-6(14(25)26)16-12(23)8(2-3-10(20)21)17-13(24)9(4-19)18-11(22)7(15)5-27/h6-9,19,27H,2-5,15H2,1H3,(H,16,23)(H,17,24)(H,18,22)(H,20,21)(H,25,26). The summed E-state index contributed by atoms with van der Waals surface area (Å²) in [6.45, 7) is 0.377. The lowest BCUT2D eigenvalue weighted by molar-refractivity contribution is -0.142. The van der Waals surface area contributed by atoms with Crippen molar-refractivity contribution in [2.45, 2.75) is 43.9 Å². The number of aliphatic carboxylic acids is 2. The Morgan fingerprint density at radius 2 is 1.48 bits per heavy atom. The Morgan fingerprint density at radius 1 is 0.963 bits per heavy atom. The van der Waals surface area contributed by atoms with E-state index >= 15 is 0 Å². The van der Waals surface area contributed by atoms with Gasteiger partial charge in [0.2, 0.25) is 17.7 Å². The lowest BCUT2D eigenvalue weighted by Gasteiger charge is -2.23. The molecule has 0 radical (unpaired) electrons. The highest BCUT2D eigenvalue weighted by molar-refractivity contribution is 7.80. The molecule has 8 N–H and O–H groups in total. The summed E-state index contributed by atoms with van der Waals surface area (Å²) in [5, 5.41) is 33.3. The van der Waals surface area contributed by atoms with E-state index in [9.17, 15) is 29.1 Å². The Labute approximate surface area is 160 Å². The second-order valence-electron chi connectivity index (χ2n) is 5.59. The molecule has 4 unspecified atom stereocenters. The van der Waals surface area contributed by atoms with Crippen molar-refractivity contribution in [1.29, 1.82) is 0 Å². The van der Waals surface area contributed by atoms with Crippen LogP contribution in [0.5, 0.6) is 0 Å². The molecule has 0 aromatic heterocycles. The molecular formula is C14H24N4O8S. The molecule has 0 aliphatic heterocycles. The number of amides is 3.